The minimum atomic E-state index is 0.894. The molecule has 0 saturated heterocycles. The Morgan fingerprint density at radius 2 is 0.649 bits per heavy atom. The van der Waals surface area contributed by atoms with Gasteiger partial charge in [-0.05, 0) is 128 Å². The molecule has 20 rings (SSSR count). The van der Waals surface area contributed by atoms with Gasteiger partial charge in [-0.2, -0.15) is 0 Å². The topological polar surface area (TPSA) is 36.1 Å². The first-order valence-corrected chi connectivity index (χ1v) is 33.5. The summed E-state index contributed by atoms with van der Waals surface area (Å²) >= 11 is 3.77. The van der Waals surface area contributed by atoms with Gasteiger partial charge in [0.1, 0.15) is 22.2 Å². The Morgan fingerprint density at radius 3 is 1.27 bits per heavy atom. The van der Waals surface area contributed by atoms with Crippen LogP contribution in [0.2, 0.25) is 0 Å². The SMILES string of the molecule is c1ccc(-c2cccc3c2sc2c(-c4ccccc4-c4ccc5c(c4)oc4c6ccccc6n(-c6ccccc6)c54)cccc23)cc1.c1ccc(-c2cccc3c2sc2cccc(-c4ccccc4-c4cccc5c4oc4c6ccccc6n(-c6ccccc6)c54)c23)cc1. The van der Waals surface area contributed by atoms with E-state index in [2.05, 4.69) is 337 Å². The summed E-state index contributed by atoms with van der Waals surface area (Å²) in [7, 11) is 0. The lowest BCUT2D eigenvalue weighted by atomic mass is 9.91. The maximum absolute atomic E-state index is 6.93. The molecule has 440 valence electrons. The highest BCUT2D eigenvalue weighted by atomic mass is 32.1. The summed E-state index contributed by atoms with van der Waals surface area (Å²) in [6, 6.07) is 117. The third-order valence-corrected chi connectivity index (χ3v) is 21.4. The molecule has 14 aromatic carbocycles. The van der Waals surface area contributed by atoms with Crippen LogP contribution in [-0.2, 0) is 0 Å². The Kier molecular flexibility index (Phi) is 12.6. The number of rotatable bonds is 8. The van der Waals surface area contributed by atoms with Crippen LogP contribution in [0.5, 0.6) is 0 Å². The Morgan fingerprint density at radius 1 is 0.234 bits per heavy atom. The molecule has 20 aromatic rings. The summed E-state index contributed by atoms with van der Waals surface area (Å²) in [4.78, 5) is 0. The molecule has 94 heavy (non-hydrogen) atoms. The summed E-state index contributed by atoms with van der Waals surface area (Å²) in [5.74, 6) is 0. The zero-order chi connectivity index (χ0) is 61.8. The van der Waals surface area contributed by atoms with Gasteiger partial charge in [0.05, 0.1) is 11.0 Å². The molecule has 0 fully saturated rings. The number of hydrogen-bond donors (Lipinski definition) is 0. The van der Waals surface area contributed by atoms with E-state index in [1.54, 1.807) is 0 Å². The lowest BCUT2D eigenvalue weighted by Crippen LogP contribution is -1.93. The number of aromatic nitrogens is 2. The molecule has 0 bridgehead atoms. The summed E-state index contributed by atoms with van der Waals surface area (Å²) in [5.41, 5.74) is 25.0. The van der Waals surface area contributed by atoms with Gasteiger partial charge < -0.3 is 18.0 Å². The van der Waals surface area contributed by atoms with Gasteiger partial charge in [0.25, 0.3) is 0 Å². The normalized spacial score (nSPS) is 11.8. The molecule has 6 aromatic heterocycles. The number of hydrogen-bond acceptors (Lipinski definition) is 4. The molecule has 4 nitrogen and oxygen atoms in total. The van der Waals surface area contributed by atoms with Gasteiger partial charge in [0.2, 0.25) is 0 Å². The van der Waals surface area contributed by atoms with E-state index in [-0.39, 0.29) is 0 Å². The second-order valence-corrected chi connectivity index (χ2v) is 26.2. The van der Waals surface area contributed by atoms with Crippen LogP contribution in [0.3, 0.4) is 0 Å². The van der Waals surface area contributed by atoms with Gasteiger partial charge in [-0.25, -0.2) is 0 Å². The van der Waals surface area contributed by atoms with Gasteiger partial charge in [-0.1, -0.05) is 255 Å². The van der Waals surface area contributed by atoms with Crippen molar-refractivity contribution >= 4 is 129 Å². The van der Waals surface area contributed by atoms with Crippen LogP contribution in [0, 0.1) is 0 Å². The lowest BCUT2D eigenvalue weighted by Gasteiger charge is -2.13. The van der Waals surface area contributed by atoms with E-state index in [9.17, 15) is 0 Å². The van der Waals surface area contributed by atoms with E-state index in [0.29, 0.717) is 0 Å². The van der Waals surface area contributed by atoms with Gasteiger partial charge in [0.15, 0.2) is 11.2 Å². The van der Waals surface area contributed by atoms with Crippen molar-refractivity contribution in [1.82, 2.24) is 9.13 Å². The second kappa shape index (κ2) is 22.0. The first-order valence-electron chi connectivity index (χ1n) is 31.9. The number of fused-ring (bicyclic) bond motifs is 16. The quantitative estimate of drug-likeness (QED) is 0.152. The van der Waals surface area contributed by atoms with Crippen LogP contribution < -0.4 is 0 Å². The number of benzene rings is 14. The standard InChI is InChI=1S/2C44H27NOS/c1-3-14-28(15-4-1)30-21-11-24-36-40-33(22-13-27-39(40)47-44(30)36)31-18-7-8-19-32(31)34-23-12-25-37-41-43(46-42(34)37)35-20-9-10-26-38(35)45(41)29-16-5-2-6-17-29;1-3-13-28(14-4-1)32-20-11-22-35-36-23-12-21-34(44(36)47-43(32)35)33-18-8-7-17-31(33)29-25-26-38-40(27-29)46-42-37-19-9-10-24-39(37)45(41(38)42)30-15-5-2-6-16-30/h2*1-27H. The molecule has 0 saturated carbocycles. The van der Waals surface area contributed by atoms with Gasteiger partial charge in [-0.3, -0.25) is 0 Å². The van der Waals surface area contributed by atoms with E-state index in [1.807, 2.05) is 22.7 Å². The molecule has 6 heteroatoms. The number of thiophene rings is 2. The van der Waals surface area contributed by atoms with E-state index in [1.165, 1.54) is 90.4 Å². The van der Waals surface area contributed by atoms with E-state index >= 15 is 0 Å². The first kappa shape index (κ1) is 54.0. The fourth-order valence-corrected chi connectivity index (χ4v) is 17.4. The average molecular weight is 1240 g/mol. The lowest BCUT2D eigenvalue weighted by molar-refractivity contribution is 0.673. The molecule has 0 atom stereocenters. The fraction of sp³-hybridized carbons (Fsp3) is 0. The molecule has 0 N–H and O–H groups in total. The summed E-state index contributed by atoms with van der Waals surface area (Å²) in [6.45, 7) is 0. The maximum Gasteiger partial charge on any atom is 0.161 e. The Hall–Kier alpha value is -11.8. The minimum Gasteiger partial charge on any atom is -0.454 e. The largest absolute Gasteiger partial charge is 0.454 e. The number of para-hydroxylation sites is 5. The highest BCUT2D eigenvalue weighted by Crippen LogP contribution is 2.50. The molecule has 0 spiro atoms. The van der Waals surface area contributed by atoms with Crippen molar-refractivity contribution in [2.24, 2.45) is 0 Å². The maximum atomic E-state index is 6.93. The zero-order valence-corrected chi connectivity index (χ0v) is 52.3. The van der Waals surface area contributed by atoms with Crippen molar-refractivity contribution in [3.63, 3.8) is 0 Å². The second-order valence-electron chi connectivity index (χ2n) is 24.1. The summed E-state index contributed by atoms with van der Waals surface area (Å²) in [5, 5.41) is 9.66. The van der Waals surface area contributed by atoms with Crippen molar-refractivity contribution in [2.75, 3.05) is 0 Å². The van der Waals surface area contributed by atoms with Gasteiger partial charge >= 0.3 is 0 Å². The Bertz CT molecular complexity index is 6340. The smallest absolute Gasteiger partial charge is 0.161 e. The molecule has 0 amide bonds. The first-order chi connectivity index (χ1) is 46.7. The molecule has 6 heterocycles. The Balaban J connectivity index is 0.000000133. The van der Waals surface area contributed by atoms with E-state index in [4.69, 9.17) is 8.83 Å². The average Bonchev–Trinajstić information content (AvgIpc) is 1.57. The van der Waals surface area contributed by atoms with Crippen LogP contribution in [0.4, 0.5) is 0 Å². The van der Waals surface area contributed by atoms with Crippen molar-refractivity contribution in [3.05, 3.63) is 328 Å². The van der Waals surface area contributed by atoms with Crippen molar-refractivity contribution < 1.29 is 8.83 Å². The number of furan rings is 2. The number of nitrogens with zero attached hydrogens (tertiary/aromatic N) is 2. The van der Waals surface area contributed by atoms with E-state index < -0.39 is 0 Å². The summed E-state index contributed by atoms with van der Waals surface area (Å²) < 4.78 is 23.6. The molecule has 0 aliphatic rings. The van der Waals surface area contributed by atoms with Crippen LogP contribution in [-0.4, -0.2) is 9.13 Å². The fourth-order valence-electron chi connectivity index (χ4n) is 14.7. The van der Waals surface area contributed by atoms with Crippen molar-refractivity contribution in [2.45, 2.75) is 0 Å². The minimum absolute atomic E-state index is 0.894. The third kappa shape index (κ3) is 8.51. The van der Waals surface area contributed by atoms with Crippen LogP contribution in [0.15, 0.2) is 336 Å². The predicted octanol–water partition coefficient (Wildman–Crippen LogP) is 25.8. The van der Waals surface area contributed by atoms with Crippen molar-refractivity contribution in [3.8, 4) is 78.1 Å². The monoisotopic (exact) mass is 1230 g/mol. The molecule has 0 aliphatic heterocycles. The highest BCUT2D eigenvalue weighted by Gasteiger charge is 2.25. The predicted molar refractivity (Wildman–Crippen MR) is 400 cm³/mol. The van der Waals surface area contributed by atoms with Crippen molar-refractivity contribution in [1.29, 1.82) is 0 Å². The zero-order valence-electron chi connectivity index (χ0n) is 50.7. The highest BCUT2D eigenvalue weighted by molar-refractivity contribution is 7.27. The molecule has 0 radical (unpaired) electrons. The third-order valence-electron chi connectivity index (χ3n) is 18.9. The van der Waals surface area contributed by atoms with Crippen LogP contribution in [0.1, 0.15) is 0 Å². The van der Waals surface area contributed by atoms with Gasteiger partial charge in [0, 0.05) is 84.4 Å². The summed E-state index contributed by atoms with van der Waals surface area (Å²) in [6.07, 6.45) is 0. The van der Waals surface area contributed by atoms with Crippen LogP contribution >= 0.6 is 22.7 Å². The molecule has 0 unspecified atom stereocenters. The van der Waals surface area contributed by atoms with E-state index in [0.717, 1.165) is 94.0 Å². The molecular formula is C88H54N2O2S2. The van der Waals surface area contributed by atoms with Gasteiger partial charge in [-0.15, -0.1) is 22.7 Å². The Labute approximate surface area is 548 Å². The molecular weight excluding hydrogens is 1180 g/mol. The van der Waals surface area contributed by atoms with Crippen LogP contribution in [0.25, 0.3) is 184 Å². The molecule has 0 aliphatic carbocycles.